The minimum Gasteiger partial charge on any atom is -0.351 e. The van der Waals surface area contributed by atoms with Crippen LogP contribution in [0.15, 0.2) is 30.3 Å². The molecule has 0 aliphatic carbocycles. The van der Waals surface area contributed by atoms with E-state index >= 15 is 0 Å². The van der Waals surface area contributed by atoms with E-state index in [0.717, 1.165) is 29.6 Å². The van der Waals surface area contributed by atoms with E-state index < -0.39 is 10.0 Å². The summed E-state index contributed by atoms with van der Waals surface area (Å²) in [6.45, 7) is 2.19. The number of hydrogen-bond donors (Lipinski definition) is 2. The van der Waals surface area contributed by atoms with E-state index in [1.807, 2.05) is 30.3 Å². The second-order valence-corrected chi connectivity index (χ2v) is 7.55. The van der Waals surface area contributed by atoms with Gasteiger partial charge in [0.2, 0.25) is 10.0 Å². The molecule has 22 heavy (non-hydrogen) atoms. The molecular weight excluding hydrogens is 322 g/mol. The first-order valence-corrected chi connectivity index (χ1v) is 9.33. The number of carbonyl (C=O) groups excluding carboxylic acids is 1. The molecule has 1 heterocycles. The Morgan fingerprint density at radius 1 is 1.27 bits per heavy atom. The fourth-order valence-corrected chi connectivity index (χ4v) is 3.57. The predicted molar refractivity (Wildman–Crippen MR) is 87.8 cm³/mol. The molecule has 0 spiro atoms. The fraction of sp³-hybridized carbons (Fsp3) is 0.286. The monoisotopic (exact) mass is 339 g/mol. The summed E-state index contributed by atoms with van der Waals surface area (Å²) in [5.41, 5.74) is 1.65. The molecule has 1 aromatic heterocycles. The van der Waals surface area contributed by atoms with Crippen molar-refractivity contribution in [2.24, 2.45) is 0 Å². The van der Waals surface area contributed by atoms with Gasteiger partial charge in [-0.2, -0.15) is 0 Å². The average molecular weight is 339 g/mol. The number of amides is 1. The van der Waals surface area contributed by atoms with E-state index in [9.17, 15) is 13.2 Å². The molecule has 8 heteroatoms. The van der Waals surface area contributed by atoms with Crippen molar-refractivity contribution in [1.82, 2.24) is 10.3 Å². The van der Waals surface area contributed by atoms with Crippen LogP contribution in [0, 0.1) is 6.92 Å². The Morgan fingerprint density at radius 2 is 1.95 bits per heavy atom. The molecule has 0 aliphatic rings. The van der Waals surface area contributed by atoms with Crippen molar-refractivity contribution in [3.63, 3.8) is 0 Å². The van der Waals surface area contributed by atoms with Gasteiger partial charge >= 0.3 is 0 Å². The van der Waals surface area contributed by atoms with Crippen LogP contribution in [0.3, 0.4) is 0 Å². The summed E-state index contributed by atoms with van der Waals surface area (Å²) in [4.78, 5) is 16.6. The highest BCUT2D eigenvalue weighted by Gasteiger charge is 2.16. The summed E-state index contributed by atoms with van der Waals surface area (Å²) in [5.74, 6) is -0.243. The zero-order valence-corrected chi connectivity index (χ0v) is 13.9. The maximum Gasteiger partial charge on any atom is 0.263 e. The van der Waals surface area contributed by atoms with Crippen molar-refractivity contribution in [3.05, 3.63) is 46.5 Å². The van der Waals surface area contributed by atoms with Crippen LogP contribution in [-0.2, 0) is 16.4 Å². The van der Waals surface area contributed by atoms with Crippen molar-refractivity contribution in [2.45, 2.75) is 13.3 Å². The van der Waals surface area contributed by atoms with E-state index in [0.29, 0.717) is 17.1 Å². The Balaban J connectivity index is 1.95. The van der Waals surface area contributed by atoms with Gasteiger partial charge in [-0.15, -0.1) is 0 Å². The minimum absolute atomic E-state index is 0.202. The van der Waals surface area contributed by atoms with Crippen molar-refractivity contribution in [2.75, 3.05) is 17.5 Å². The summed E-state index contributed by atoms with van der Waals surface area (Å²) < 4.78 is 24.6. The lowest BCUT2D eigenvalue weighted by Gasteiger charge is -2.04. The third kappa shape index (κ3) is 4.81. The number of aromatic nitrogens is 1. The summed E-state index contributed by atoms with van der Waals surface area (Å²) in [7, 11) is -3.39. The van der Waals surface area contributed by atoms with Gasteiger partial charge in [-0.25, -0.2) is 13.4 Å². The molecule has 0 unspecified atom stereocenters. The third-order valence-corrected chi connectivity index (χ3v) is 4.58. The molecule has 6 nitrogen and oxygen atoms in total. The van der Waals surface area contributed by atoms with Gasteiger partial charge < -0.3 is 5.32 Å². The third-order valence-electron chi connectivity index (χ3n) is 2.82. The number of anilines is 1. The molecule has 0 saturated heterocycles. The number of nitrogens with one attached hydrogen (secondary N) is 2. The second-order valence-electron chi connectivity index (χ2n) is 4.80. The van der Waals surface area contributed by atoms with Crippen LogP contribution in [0.2, 0.25) is 0 Å². The number of nitrogens with zero attached hydrogens (tertiary/aromatic N) is 1. The number of hydrogen-bond acceptors (Lipinski definition) is 5. The lowest BCUT2D eigenvalue weighted by atomic mass is 10.1. The van der Waals surface area contributed by atoms with Gasteiger partial charge in [0.1, 0.15) is 4.88 Å². The van der Waals surface area contributed by atoms with Crippen LogP contribution in [0.1, 0.15) is 20.9 Å². The Kier molecular flexibility index (Phi) is 5.15. The van der Waals surface area contributed by atoms with Gasteiger partial charge in [0, 0.05) is 6.54 Å². The number of benzene rings is 1. The Labute approximate surface area is 133 Å². The first-order chi connectivity index (χ1) is 10.3. The van der Waals surface area contributed by atoms with Gasteiger partial charge in [-0.1, -0.05) is 41.7 Å². The van der Waals surface area contributed by atoms with Crippen molar-refractivity contribution in [1.29, 1.82) is 0 Å². The molecule has 2 aromatic rings. The standard InChI is InChI=1S/C14H17N3O3S2/c1-10-12(21-14(16-10)17-22(2,19)20)13(18)15-9-8-11-6-4-3-5-7-11/h3-7H,8-9H2,1-2H3,(H,15,18)(H,16,17). The number of sulfonamides is 1. The van der Waals surface area contributed by atoms with E-state index in [-0.39, 0.29) is 11.0 Å². The summed E-state index contributed by atoms with van der Waals surface area (Å²) in [5, 5.41) is 3.02. The second kappa shape index (κ2) is 6.89. The minimum atomic E-state index is -3.39. The topological polar surface area (TPSA) is 88.2 Å². The average Bonchev–Trinajstić information content (AvgIpc) is 2.78. The number of carbonyl (C=O) groups is 1. The maximum atomic E-state index is 12.1. The largest absolute Gasteiger partial charge is 0.351 e. The first-order valence-electron chi connectivity index (χ1n) is 6.62. The van der Waals surface area contributed by atoms with Crippen LogP contribution in [0.5, 0.6) is 0 Å². The molecule has 0 aliphatic heterocycles. The number of aryl methyl sites for hydroxylation is 1. The first kappa shape index (κ1) is 16.4. The Bertz CT molecular complexity index is 755. The lowest BCUT2D eigenvalue weighted by Crippen LogP contribution is -2.25. The molecule has 2 N–H and O–H groups in total. The molecule has 1 amide bonds. The Hall–Kier alpha value is -1.93. The predicted octanol–water partition coefficient (Wildman–Crippen LogP) is 1.80. The molecule has 0 atom stereocenters. The van der Waals surface area contributed by atoms with Crippen LogP contribution >= 0.6 is 11.3 Å². The molecule has 1 aromatic carbocycles. The van der Waals surface area contributed by atoms with Crippen LogP contribution in [0.4, 0.5) is 5.13 Å². The normalized spacial score (nSPS) is 11.2. The maximum absolute atomic E-state index is 12.1. The quantitative estimate of drug-likeness (QED) is 0.840. The van der Waals surface area contributed by atoms with E-state index in [1.54, 1.807) is 6.92 Å². The van der Waals surface area contributed by atoms with E-state index in [2.05, 4.69) is 15.0 Å². The zero-order chi connectivity index (χ0) is 16.2. The highest BCUT2D eigenvalue weighted by atomic mass is 32.2. The van der Waals surface area contributed by atoms with Gasteiger partial charge in [0.15, 0.2) is 5.13 Å². The fourth-order valence-electron chi connectivity index (χ4n) is 1.85. The van der Waals surface area contributed by atoms with Crippen LogP contribution in [-0.4, -0.2) is 32.1 Å². The molecule has 0 radical (unpaired) electrons. The molecule has 0 bridgehead atoms. The smallest absolute Gasteiger partial charge is 0.263 e. The van der Waals surface area contributed by atoms with E-state index in [1.165, 1.54) is 0 Å². The summed E-state index contributed by atoms with van der Waals surface area (Å²) in [6.07, 6.45) is 1.78. The molecule has 0 saturated carbocycles. The molecule has 0 fully saturated rings. The van der Waals surface area contributed by atoms with Crippen LogP contribution < -0.4 is 10.0 Å². The molecular formula is C14H17N3O3S2. The van der Waals surface area contributed by atoms with Crippen LogP contribution in [0.25, 0.3) is 0 Å². The highest BCUT2D eigenvalue weighted by molar-refractivity contribution is 7.92. The zero-order valence-electron chi connectivity index (χ0n) is 12.3. The van der Waals surface area contributed by atoms with Gasteiger partial charge in [0.25, 0.3) is 5.91 Å². The van der Waals surface area contributed by atoms with E-state index in [4.69, 9.17) is 0 Å². The number of rotatable bonds is 6. The molecule has 2 rings (SSSR count). The lowest BCUT2D eigenvalue weighted by molar-refractivity contribution is 0.0957. The van der Waals surface area contributed by atoms with Gasteiger partial charge in [-0.3, -0.25) is 9.52 Å². The molecule has 118 valence electrons. The van der Waals surface area contributed by atoms with Crippen molar-refractivity contribution < 1.29 is 13.2 Å². The highest BCUT2D eigenvalue weighted by Crippen LogP contribution is 2.23. The number of thiazole rings is 1. The Morgan fingerprint density at radius 3 is 2.59 bits per heavy atom. The van der Waals surface area contributed by atoms with Gasteiger partial charge in [0.05, 0.1) is 11.9 Å². The summed E-state index contributed by atoms with van der Waals surface area (Å²) in [6, 6.07) is 9.84. The SMILES string of the molecule is Cc1nc(NS(C)(=O)=O)sc1C(=O)NCCc1ccccc1. The van der Waals surface area contributed by atoms with Crippen molar-refractivity contribution in [3.8, 4) is 0 Å². The summed E-state index contributed by atoms with van der Waals surface area (Å²) >= 11 is 1.03. The van der Waals surface area contributed by atoms with Crippen molar-refractivity contribution >= 4 is 32.4 Å². The van der Waals surface area contributed by atoms with Gasteiger partial charge in [-0.05, 0) is 18.9 Å².